The van der Waals surface area contributed by atoms with Crippen molar-refractivity contribution >= 4 is 28.9 Å². The van der Waals surface area contributed by atoms with E-state index in [2.05, 4.69) is 9.80 Å². The lowest BCUT2D eigenvalue weighted by atomic mass is 9.99. The highest BCUT2D eigenvalue weighted by Crippen LogP contribution is 2.35. The van der Waals surface area contributed by atoms with Crippen molar-refractivity contribution in [3.05, 3.63) is 70.3 Å². The number of piperazine rings is 1. The molecule has 2 aromatic rings. The number of ketones is 1. The van der Waals surface area contributed by atoms with Gasteiger partial charge < -0.3 is 14.5 Å². The van der Waals surface area contributed by atoms with E-state index in [4.69, 9.17) is 16.3 Å². The van der Waals surface area contributed by atoms with Crippen molar-refractivity contribution in [2.24, 2.45) is 0 Å². The molecule has 0 N–H and O–H groups in total. The molecule has 0 saturated carbocycles. The van der Waals surface area contributed by atoms with E-state index in [1.807, 2.05) is 56.6 Å². The number of halogens is 1. The number of ether oxygens (including phenoxy) is 1. The smallest absolute Gasteiger partial charge is 0.236 e. The topological polar surface area (TPSA) is 53.1 Å². The number of rotatable bonds is 10. The number of carbonyl (C=O) groups is 2. The summed E-state index contributed by atoms with van der Waals surface area (Å²) in [6.07, 6.45) is 4.91. The van der Waals surface area contributed by atoms with Crippen molar-refractivity contribution in [3.63, 3.8) is 0 Å². The average Bonchev–Trinajstić information content (AvgIpc) is 3.18. The Hall–Kier alpha value is -2.67. The van der Waals surface area contributed by atoms with Crippen molar-refractivity contribution in [2.45, 2.75) is 19.3 Å². The molecule has 1 aliphatic heterocycles. The molecule has 1 heterocycles. The van der Waals surface area contributed by atoms with Gasteiger partial charge in [0.25, 0.3) is 0 Å². The number of nitrogens with zero attached hydrogens (tertiary/aromatic N) is 3. The van der Waals surface area contributed by atoms with E-state index in [9.17, 15) is 9.59 Å². The second-order valence-corrected chi connectivity index (χ2v) is 9.89. The van der Waals surface area contributed by atoms with Gasteiger partial charge in [0, 0.05) is 50.9 Å². The van der Waals surface area contributed by atoms with Crippen LogP contribution in [0.4, 0.5) is 0 Å². The zero-order valence-corrected chi connectivity index (χ0v) is 21.4. The number of fused-ring (bicyclic) bond motifs is 1. The Kier molecular flexibility index (Phi) is 8.60. The second-order valence-electron chi connectivity index (χ2n) is 9.45. The minimum atomic E-state index is 0.0153. The van der Waals surface area contributed by atoms with E-state index in [0.29, 0.717) is 23.7 Å². The molecule has 0 spiro atoms. The van der Waals surface area contributed by atoms with Crippen molar-refractivity contribution in [1.29, 1.82) is 0 Å². The van der Waals surface area contributed by atoms with Gasteiger partial charge in [-0.3, -0.25) is 14.5 Å². The predicted octanol–water partition coefficient (Wildman–Crippen LogP) is 4.22. The predicted molar refractivity (Wildman–Crippen MR) is 140 cm³/mol. The molecule has 0 bridgehead atoms. The van der Waals surface area contributed by atoms with Crippen LogP contribution in [0.3, 0.4) is 0 Å². The van der Waals surface area contributed by atoms with Gasteiger partial charge in [0.1, 0.15) is 5.75 Å². The molecule has 2 aromatic carbocycles. The normalized spacial score (nSPS) is 16.2. The minimum absolute atomic E-state index is 0.0153. The fourth-order valence-electron chi connectivity index (χ4n) is 4.51. The number of hydrogen-bond donors (Lipinski definition) is 0. The largest absolute Gasteiger partial charge is 0.494 e. The summed E-state index contributed by atoms with van der Waals surface area (Å²) < 4.78 is 5.95. The van der Waals surface area contributed by atoms with Crippen molar-refractivity contribution < 1.29 is 14.3 Å². The van der Waals surface area contributed by atoms with Gasteiger partial charge in [-0.05, 0) is 78.9 Å². The fourth-order valence-corrected chi connectivity index (χ4v) is 4.64. The molecule has 1 aliphatic carbocycles. The van der Waals surface area contributed by atoms with Gasteiger partial charge in [-0.2, -0.15) is 0 Å². The third kappa shape index (κ3) is 6.72. The van der Waals surface area contributed by atoms with Crippen LogP contribution in [0.5, 0.6) is 5.75 Å². The third-order valence-corrected chi connectivity index (χ3v) is 6.94. The van der Waals surface area contributed by atoms with Gasteiger partial charge in [0.2, 0.25) is 5.91 Å². The monoisotopic (exact) mass is 495 g/mol. The number of amides is 1. The van der Waals surface area contributed by atoms with Crippen molar-refractivity contribution in [2.75, 3.05) is 60.0 Å². The molecular weight excluding hydrogens is 462 g/mol. The van der Waals surface area contributed by atoms with Crippen molar-refractivity contribution in [1.82, 2.24) is 14.7 Å². The molecule has 4 rings (SSSR count). The zero-order valence-electron chi connectivity index (χ0n) is 20.6. The first-order valence-electron chi connectivity index (χ1n) is 12.3. The molecule has 186 valence electrons. The number of unbranched alkanes of at least 4 members (excludes halogenated alkanes) is 2. The molecule has 0 unspecified atom stereocenters. The van der Waals surface area contributed by atoms with Crippen LogP contribution >= 0.6 is 11.6 Å². The quantitative estimate of drug-likeness (QED) is 0.462. The Balaban J connectivity index is 1.15. The fraction of sp³-hybridized carbons (Fsp3) is 0.429. The summed E-state index contributed by atoms with van der Waals surface area (Å²) in [7, 11) is 3.62. The second kappa shape index (κ2) is 11.8. The summed E-state index contributed by atoms with van der Waals surface area (Å²) in [5.41, 5.74) is 3.55. The average molecular weight is 496 g/mol. The maximum atomic E-state index is 12.6. The summed E-state index contributed by atoms with van der Waals surface area (Å²) >= 11 is 6.00. The minimum Gasteiger partial charge on any atom is -0.494 e. The Bertz CT molecular complexity index is 1070. The molecule has 0 atom stereocenters. The van der Waals surface area contributed by atoms with Crippen LogP contribution in [0.15, 0.2) is 48.5 Å². The number of allylic oxidation sites excluding steroid dienone is 1. The molecule has 0 aromatic heterocycles. The Morgan fingerprint density at radius 1 is 0.943 bits per heavy atom. The summed E-state index contributed by atoms with van der Waals surface area (Å²) in [6.45, 7) is 6.19. The van der Waals surface area contributed by atoms with E-state index in [1.54, 1.807) is 11.0 Å². The summed E-state index contributed by atoms with van der Waals surface area (Å²) in [5, 5.41) is 0.679. The van der Waals surface area contributed by atoms with E-state index in [1.165, 1.54) is 0 Å². The van der Waals surface area contributed by atoms with Gasteiger partial charge in [0.15, 0.2) is 5.78 Å². The van der Waals surface area contributed by atoms with E-state index >= 15 is 0 Å². The molecule has 6 nitrogen and oxygen atoms in total. The van der Waals surface area contributed by atoms with E-state index < -0.39 is 0 Å². The highest BCUT2D eigenvalue weighted by Gasteiger charge is 2.23. The number of carbonyl (C=O) groups excluding carboxylic acids is 2. The van der Waals surface area contributed by atoms with Gasteiger partial charge in [0.05, 0.1) is 13.2 Å². The van der Waals surface area contributed by atoms with Crippen LogP contribution in [0.1, 0.15) is 40.7 Å². The third-order valence-electron chi connectivity index (χ3n) is 6.69. The van der Waals surface area contributed by atoms with E-state index in [0.717, 1.165) is 74.4 Å². The molecule has 1 fully saturated rings. The SMILES string of the molecule is CN(C)C(=O)CN1CCN(CCCCCOc2ccc3c(c2)C(=O)C=C3c2ccc(Cl)cc2)CC1. The summed E-state index contributed by atoms with van der Waals surface area (Å²) in [5.74, 6) is 0.928. The molecule has 0 radical (unpaired) electrons. The Labute approximate surface area is 213 Å². The Morgan fingerprint density at radius 3 is 2.37 bits per heavy atom. The molecular formula is C28H34ClN3O3. The molecule has 1 amide bonds. The van der Waals surface area contributed by atoms with Gasteiger partial charge in [-0.15, -0.1) is 0 Å². The first-order chi connectivity index (χ1) is 16.9. The summed E-state index contributed by atoms with van der Waals surface area (Å²) in [4.78, 5) is 30.8. The van der Waals surface area contributed by atoms with Crippen LogP contribution in [0, 0.1) is 0 Å². The van der Waals surface area contributed by atoms with Gasteiger partial charge in [-0.25, -0.2) is 0 Å². The highest BCUT2D eigenvalue weighted by atomic mass is 35.5. The number of benzene rings is 2. The van der Waals surface area contributed by atoms with Crippen LogP contribution in [-0.4, -0.2) is 86.4 Å². The first-order valence-corrected chi connectivity index (χ1v) is 12.7. The molecule has 35 heavy (non-hydrogen) atoms. The van der Waals surface area contributed by atoms with Crippen molar-refractivity contribution in [3.8, 4) is 5.75 Å². The van der Waals surface area contributed by atoms with Gasteiger partial charge in [-0.1, -0.05) is 23.7 Å². The lowest BCUT2D eigenvalue weighted by Crippen LogP contribution is -2.49. The Morgan fingerprint density at radius 2 is 1.66 bits per heavy atom. The number of likely N-dealkylation sites (N-methyl/N-ethyl adjacent to an activating group) is 1. The van der Waals surface area contributed by atoms with Crippen LogP contribution in [0.25, 0.3) is 5.57 Å². The highest BCUT2D eigenvalue weighted by molar-refractivity contribution is 6.30. The van der Waals surface area contributed by atoms with E-state index in [-0.39, 0.29) is 11.7 Å². The summed E-state index contributed by atoms with van der Waals surface area (Å²) in [6, 6.07) is 13.3. The maximum absolute atomic E-state index is 12.6. The number of hydrogen-bond acceptors (Lipinski definition) is 5. The zero-order chi connectivity index (χ0) is 24.8. The van der Waals surface area contributed by atoms with Crippen LogP contribution in [-0.2, 0) is 4.79 Å². The molecule has 1 saturated heterocycles. The molecule has 7 heteroatoms. The first kappa shape index (κ1) is 25.4. The van der Waals surface area contributed by atoms with Crippen LogP contribution < -0.4 is 4.74 Å². The lowest BCUT2D eigenvalue weighted by molar-refractivity contribution is -0.130. The maximum Gasteiger partial charge on any atom is 0.236 e. The van der Waals surface area contributed by atoms with Gasteiger partial charge >= 0.3 is 0 Å². The standard InChI is InChI=1S/C28H34ClN3O3/c1-30(2)28(34)20-32-15-13-31(14-16-32)12-4-3-5-17-35-23-10-11-24-25(19-27(33)26(24)18-23)21-6-8-22(29)9-7-21/h6-11,18-19H,3-5,12-17,20H2,1-2H3. The molecule has 2 aliphatic rings. The van der Waals surface area contributed by atoms with Crippen LogP contribution in [0.2, 0.25) is 5.02 Å². The lowest BCUT2D eigenvalue weighted by Gasteiger charge is -2.34.